The SMILES string of the molecule is Cn1nc(C(F)(F)F)cc1C(=O)N1CCN(Cc2c(F)cccc2Cl)CC1. The summed E-state index contributed by atoms with van der Waals surface area (Å²) in [6.45, 7) is 1.85. The van der Waals surface area contributed by atoms with Crippen molar-refractivity contribution in [2.45, 2.75) is 12.7 Å². The molecule has 1 amide bonds. The first-order valence-corrected chi connectivity index (χ1v) is 8.60. The van der Waals surface area contributed by atoms with Crippen LogP contribution in [0.15, 0.2) is 24.3 Å². The summed E-state index contributed by atoms with van der Waals surface area (Å²) in [5.41, 5.74) is -0.825. The van der Waals surface area contributed by atoms with Gasteiger partial charge in [-0.3, -0.25) is 14.4 Å². The zero-order chi connectivity index (χ0) is 19.8. The van der Waals surface area contributed by atoms with E-state index in [1.165, 1.54) is 24.1 Å². The van der Waals surface area contributed by atoms with Crippen molar-refractivity contribution < 1.29 is 22.4 Å². The van der Waals surface area contributed by atoms with Gasteiger partial charge in [-0.25, -0.2) is 4.39 Å². The molecule has 0 N–H and O–H groups in total. The number of rotatable bonds is 3. The van der Waals surface area contributed by atoms with Gasteiger partial charge in [0, 0.05) is 56.4 Å². The summed E-state index contributed by atoms with van der Waals surface area (Å²) in [7, 11) is 1.30. The summed E-state index contributed by atoms with van der Waals surface area (Å²) in [4.78, 5) is 15.9. The van der Waals surface area contributed by atoms with Gasteiger partial charge in [-0.2, -0.15) is 18.3 Å². The van der Waals surface area contributed by atoms with E-state index in [1.807, 2.05) is 4.90 Å². The topological polar surface area (TPSA) is 41.4 Å². The second-order valence-electron chi connectivity index (χ2n) is 6.30. The fraction of sp³-hybridized carbons (Fsp3) is 0.412. The highest BCUT2D eigenvalue weighted by Gasteiger charge is 2.36. The largest absolute Gasteiger partial charge is 0.435 e. The highest BCUT2D eigenvalue weighted by Crippen LogP contribution is 2.29. The number of hydrogen-bond acceptors (Lipinski definition) is 3. The number of aryl methyl sites for hydroxylation is 1. The summed E-state index contributed by atoms with van der Waals surface area (Å²) in [5, 5.41) is 3.70. The Bertz CT molecular complexity index is 824. The molecule has 0 radical (unpaired) electrons. The maximum absolute atomic E-state index is 13.9. The van der Waals surface area contributed by atoms with Gasteiger partial charge in [-0.05, 0) is 12.1 Å². The molecule has 5 nitrogen and oxygen atoms in total. The van der Waals surface area contributed by atoms with Crippen molar-refractivity contribution in [1.29, 1.82) is 0 Å². The Morgan fingerprint density at radius 2 is 1.89 bits per heavy atom. The molecular weight excluding hydrogens is 388 g/mol. The number of aromatic nitrogens is 2. The number of piperazine rings is 1. The molecule has 0 atom stereocenters. The Balaban J connectivity index is 1.64. The molecule has 27 heavy (non-hydrogen) atoms. The molecule has 1 aliphatic rings. The highest BCUT2D eigenvalue weighted by molar-refractivity contribution is 6.31. The zero-order valence-corrected chi connectivity index (χ0v) is 15.2. The van der Waals surface area contributed by atoms with E-state index in [2.05, 4.69) is 5.10 Å². The van der Waals surface area contributed by atoms with Crippen molar-refractivity contribution in [2.24, 2.45) is 7.05 Å². The van der Waals surface area contributed by atoms with Crippen LogP contribution in [-0.2, 0) is 19.8 Å². The van der Waals surface area contributed by atoms with E-state index in [4.69, 9.17) is 11.6 Å². The molecule has 10 heteroatoms. The van der Waals surface area contributed by atoms with Gasteiger partial charge >= 0.3 is 6.18 Å². The third-order valence-corrected chi connectivity index (χ3v) is 4.85. The van der Waals surface area contributed by atoms with Gasteiger partial charge < -0.3 is 4.90 Å². The molecular formula is C17H17ClF4N4O. The Labute approximate surface area is 158 Å². The van der Waals surface area contributed by atoms with Crippen molar-refractivity contribution in [3.63, 3.8) is 0 Å². The predicted molar refractivity (Wildman–Crippen MR) is 90.8 cm³/mol. The monoisotopic (exact) mass is 404 g/mol. The molecule has 146 valence electrons. The standard InChI is InChI=1S/C17H17ClF4N4O/c1-24-14(9-15(23-24)17(20,21)22)16(27)26-7-5-25(6-8-26)10-11-12(18)3-2-4-13(11)19/h2-4,9H,5-8,10H2,1H3. The first kappa shape index (κ1) is 19.6. The highest BCUT2D eigenvalue weighted by atomic mass is 35.5. The van der Waals surface area contributed by atoms with Crippen LogP contribution in [0.4, 0.5) is 17.6 Å². The van der Waals surface area contributed by atoms with Crippen LogP contribution in [0.2, 0.25) is 5.02 Å². The summed E-state index contributed by atoms with van der Waals surface area (Å²) in [6.07, 6.45) is -4.60. The van der Waals surface area contributed by atoms with Crippen LogP contribution in [-0.4, -0.2) is 51.7 Å². The normalized spacial score (nSPS) is 16.0. The van der Waals surface area contributed by atoms with Gasteiger partial charge in [0.25, 0.3) is 5.91 Å². The number of nitrogens with zero attached hydrogens (tertiary/aromatic N) is 4. The van der Waals surface area contributed by atoms with Crippen LogP contribution < -0.4 is 0 Å². The van der Waals surface area contributed by atoms with E-state index < -0.39 is 23.6 Å². The minimum atomic E-state index is -4.60. The third-order valence-electron chi connectivity index (χ3n) is 4.49. The summed E-state index contributed by atoms with van der Waals surface area (Å²) in [5.74, 6) is -0.903. The second kappa shape index (κ2) is 7.47. The molecule has 1 saturated heterocycles. The van der Waals surface area contributed by atoms with Crippen molar-refractivity contribution >= 4 is 17.5 Å². The van der Waals surface area contributed by atoms with Crippen LogP contribution in [0.3, 0.4) is 0 Å². The molecule has 0 saturated carbocycles. The molecule has 0 bridgehead atoms. The smallest absolute Gasteiger partial charge is 0.335 e. The number of hydrogen-bond donors (Lipinski definition) is 0. The van der Waals surface area contributed by atoms with Crippen molar-refractivity contribution in [3.05, 3.63) is 52.1 Å². The lowest BCUT2D eigenvalue weighted by Crippen LogP contribution is -2.48. The molecule has 0 aliphatic carbocycles. The fourth-order valence-electron chi connectivity index (χ4n) is 2.98. The van der Waals surface area contributed by atoms with E-state index in [0.29, 0.717) is 43.3 Å². The summed E-state index contributed by atoms with van der Waals surface area (Å²) < 4.78 is 53.1. The predicted octanol–water partition coefficient (Wildman–Crippen LogP) is 3.19. The maximum atomic E-state index is 13.9. The van der Waals surface area contributed by atoms with Gasteiger partial charge in [0.2, 0.25) is 0 Å². The van der Waals surface area contributed by atoms with E-state index in [1.54, 1.807) is 6.07 Å². The molecule has 2 aromatic rings. The molecule has 2 heterocycles. The summed E-state index contributed by atoms with van der Waals surface area (Å²) >= 11 is 6.03. The third kappa shape index (κ3) is 4.24. The van der Waals surface area contributed by atoms with Gasteiger partial charge in [0.1, 0.15) is 11.5 Å². The number of amides is 1. The average molecular weight is 405 g/mol. The van der Waals surface area contributed by atoms with Crippen molar-refractivity contribution in [2.75, 3.05) is 26.2 Å². The van der Waals surface area contributed by atoms with Crippen molar-refractivity contribution in [3.8, 4) is 0 Å². The molecule has 1 fully saturated rings. The molecule has 1 aromatic carbocycles. The molecule has 1 aliphatic heterocycles. The molecule has 1 aromatic heterocycles. The van der Waals surface area contributed by atoms with Crippen LogP contribution in [0.5, 0.6) is 0 Å². The van der Waals surface area contributed by atoms with Gasteiger partial charge in [0.15, 0.2) is 5.69 Å². The van der Waals surface area contributed by atoms with Crippen LogP contribution in [0.25, 0.3) is 0 Å². The average Bonchev–Trinajstić information content (AvgIpc) is 3.00. The van der Waals surface area contributed by atoms with Crippen LogP contribution in [0, 0.1) is 5.82 Å². The minimum Gasteiger partial charge on any atom is -0.335 e. The first-order chi connectivity index (χ1) is 12.7. The number of carbonyl (C=O) groups excluding carboxylic acids is 1. The number of benzene rings is 1. The van der Waals surface area contributed by atoms with Crippen molar-refractivity contribution in [1.82, 2.24) is 19.6 Å². The molecule has 0 spiro atoms. The quantitative estimate of drug-likeness (QED) is 0.738. The maximum Gasteiger partial charge on any atom is 0.435 e. The Hall–Kier alpha value is -2.13. The Kier molecular flexibility index (Phi) is 5.43. The van der Waals surface area contributed by atoms with Gasteiger partial charge in [0.05, 0.1) is 0 Å². The van der Waals surface area contributed by atoms with E-state index >= 15 is 0 Å². The Morgan fingerprint density at radius 1 is 1.22 bits per heavy atom. The number of halogens is 5. The van der Waals surface area contributed by atoms with Crippen LogP contribution in [0.1, 0.15) is 21.7 Å². The fourth-order valence-corrected chi connectivity index (χ4v) is 3.21. The second-order valence-corrected chi connectivity index (χ2v) is 6.71. The first-order valence-electron chi connectivity index (χ1n) is 8.22. The zero-order valence-electron chi connectivity index (χ0n) is 14.4. The van der Waals surface area contributed by atoms with E-state index in [9.17, 15) is 22.4 Å². The summed E-state index contributed by atoms with van der Waals surface area (Å²) in [6, 6.07) is 5.23. The lowest BCUT2D eigenvalue weighted by atomic mass is 10.1. The van der Waals surface area contributed by atoms with Crippen LogP contribution >= 0.6 is 11.6 Å². The van der Waals surface area contributed by atoms with E-state index in [-0.39, 0.29) is 5.69 Å². The van der Waals surface area contributed by atoms with E-state index in [0.717, 1.165) is 10.7 Å². The lowest BCUT2D eigenvalue weighted by Gasteiger charge is -2.34. The number of carbonyl (C=O) groups is 1. The molecule has 0 unspecified atom stereocenters. The van der Waals surface area contributed by atoms with Gasteiger partial charge in [-0.15, -0.1) is 0 Å². The lowest BCUT2D eigenvalue weighted by molar-refractivity contribution is -0.141. The minimum absolute atomic E-state index is 0.118. The Morgan fingerprint density at radius 3 is 2.44 bits per heavy atom. The van der Waals surface area contributed by atoms with Gasteiger partial charge in [-0.1, -0.05) is 17.7 Å². The number of alkyl halides is 3. The molecule has 3 rings (SSSR count).